The molecule has 0 bridgehead atoms. The second-order valence-corrected chi connectivity index (χ2v) is 2.94. The summed E-state index contributed by atoms with van der Waals surface area (Å²) in [5.74, 6) is 0.121. The third-order valence-electron chi connectivity index (χ3n) is 1.90. The second kappa shape index (κ2) is 3.81. The maximum absolute atomic E-state index is 12.1. The molecule has 1 aliphatic rings. The molecule has 3 heteroatoms. The molecule has 0 amide bonds. The van der Waals surface area contributed by atoms with E-state index in [9.17, 15) is 13.2 Å². The highest BCUT2D eigenvalue weighted by Gasteiger charge is 2.32. The topological polar surface area (TPSA) is 0 Å². The van der Waals surface area contributed by atoms with Crippen molar-refractivity contribution in [3.63, 3.8) is 0 Å². The highest BCUT2D eigenvalue weighted by molar-refractivity contribution is 5.29. The zero-order chi connectivity index (χ0) is 9.90. The monoisotopic (exact) mass is 188 g/mol. The van der Waals surface area contributed by atoms with E-state index in [1.54, 1.807) is 6.08 Å². The largest absolute Gasteiger partial charge is 0.416 e. The van der Waals surface area contributed by atoms with Crippen molar-refractivity contribution in [2.24, 2.45) is 5.92 Å². The number of hydrogen-bond acceptors (Lipinski definition) is 0. The van der Waals surface area contributed by atoms with Crippen LogP contribution in [-0.2, 0) is 0 Å². The van der Waals surface area contributed by atoms with Gasteiger partial charge in [0.2, 0.25) is 0 Å². The van der Waals surface area contributed by atoms with E-state index >= 15 is 0 Å². The van der Waals surface area contributed by atoms with Crippen molar-refractivity contribution < 1.29 is 13.2 Å². The Morgan fingerprint density at radius 2 is 2.15 bits per heavy atom. The molecule has 0 aromatic rings. The summed E-state index contributed by atoms with van der Waals surface area (Å²) in [5.41, 5.74) is -0.534. The Labute approximate surface area is 75.4 Å². The van der Waals surface area contributed by atoms with Gasteiger partial charge in [-0.3, -0.25) is 0 Å². The second-order valence-electron chi connectivity index (χ2n) is 2.94. The minimum Gasteiger partial charge on any atom is -0.166 e. The van der Waals surface area contributed by atoms with E-state index in [1.807, 2.05) is 19.1 Å². The quantitative estimate of drug-likeness (QED) is 0.551. The number of allylic oxidation sites excluding steroid dienone is 6. The fraction of sp³-hybridized carbons (Fsp3) is 0.400. The molecule has 0 aromatic carbocycles. The maximum atomic E-state index is 12.1. The van der Waals surface area contributed by atoms with Crippen molar-refractivity contribution in [2.75, 3.05) is 0 Å². The first-order valence-corrected chi connectivity index (χ1v) is 4.12. The average Bonchev–Trinajstić information content (AvgIpc) is 2.04. The Kier molecular flexibility index (Phi) is 2.96. The van der Waals surface area contributed by atoms with E-state index in [1.165, 1.54) is 6.08 Å². The summed E-state index contributed by atoms with van der Waals surface area (Å²) < 4.78 is 36.3. The minimum atomic E-state index is -4.20. The third-order valence-corrected chi connectivity index (χ3v) is 1.90. The lowest BCUT2D eigenvalue weighted by atomic mass is 9.96. The van der Waals surface area contributed by atoms with Gasteiger partial charge >= 0.3 is 6.18 Å². The molecule has 0 radical (unpaired) electrons. The van der Waals surface area contributed by atoms with Gasteiger partial charge in [0.05, 0.1) is 5.57 Å². The lowest BCUT2D eigenvalue weighted by molar-refractivity contribution is -0.0886. The first-order chi connectivity index (χ1) is 6.04. The van der Waals surface area contributed by atoms with Crippen LogP contribution in [0.15, 0.2) is 36.0 Å². The lowest BCUT2D eigenvalue weighted by Crippen LogP contribution is -2.12. The van der Waals surface area contributed by atoms with Crippen LogP contribution in [0.1, 0.15) is 13.3 Å². The number of halogens is 3. The van der Waals surface area contributed by atoms with Gasteiger partial charge in [0.15, 0.2) is 0 Å². The van der Waals surface area contributed by atoms with Gasteiger partial charge < -0.3 is 0 Å². The third kappa shape index (κ3) is 2.76. The molecule has 0 nitrogen and oxygen atoms in total. The van der Waals surface area contributed by atoms with E-state index in [4.69, 9.17) is 0 Å². The average molecular weight is 188 g/mol. The van der Waals surface area contributed by atoms with Crippen molar-refractivity contribution in [1.29, 1.82) is 0 Å². The fourth-order valence-electron chi connectivity index (χ4n) is 1.24. The number of rotatable bonds is 1. The van der Waals surface area contributed by atoms with Crippen LogP contribution in [0.3, 0.4) is 0 Å². The first kappa shape index (κ1) is 10.1. The SMILES string of the molecule is C/C=C/C1C=CC(C(F)(F)F)=CC1. The normalized spacial score (nSPS) is 23.7. The summed E-state index contributed by atoms with van der Waals surface area (Å²) in [7, 11) is 0. The van der Waals surface area contributed by atoms with Gasteiger partial charge in [-0.15, -0.1) is 0 Å². The van der Waals surface area contributed by atoms with Gasteiger partial charge in [-0.1, -0.05) is 30.4 Å². The highest BCUT2D eigenvalue weighted by atomic mass is 19.4. The number of hydrogen-bond donors (Lipinski definition) is 0. The zero-order valence-electron chi connectivity index (χ0n) is 7.31. The van der Waals surface area contributed by atoms with Crippen LogP contribution in [0.25, 0.3) is 0 Å². The first-order valence-electron chi connectivity index (χ1n) is 4.12. The predicted molar refractivity (Wildman–Crippen MR) is 46.2 cm³/mol. The number of alkyl halides is 3. The van der Waals surface area contributed by atoms with Gasteiger partial charge in [-0.05, 0) is 19.3 Å². The Hall–Kier alpha value is -0.990. The molecule has 0 saturated heterocycles. The minimum absolute atomic E-state index is 0.121. The van der Waals surface area contributed by atoms with Crippen molar-refractivity contribution in [2.45, 2.75) is 19.5 Å². The molecule has 0 aromatic heterocycles. The Bertz CT molecular complexity index is 256. The van der Waals surface area contributed by atoms with E-state index in [0.717, 1.165) is 6.08 Å². The maximum Gasteiger partial charge on any atom is 0.416 e. The summed E-state index contributed by atoms with van der Waals surface area (Å²) >= 11 is 0. The molecule has 0 aliphatic heterocycles. The summed E-state index contributed by atoms with van der Waals surface area (Å²) in [6, 6.07) is 0. The van der Waals surface area contributed by atoms with Crippen LogP contribution in [0, 0.1) is 5.92 Å². The summed E-state index contributed by atoms with van der Waals surface area (Å²) in [6.07, 6.45) is 3.95. The van der Waals surface area contributed by atoms with Crippen LogP contribution >= 0.6 is 0 Å². The van der Waals surface area contributed by atoms with Gasteiger partial charge in [0, 0.05) is 0 Å². The fourth-order valence-corrected chi connectivity index (χ4v) is 1.24. The molecule has 13 heavy (non-hydrogen) atoms. The van der Waals surface area contributed by atoms with Gasteiger partial charge in [-0.2, -0.15) is 13.2 Å². The summed E-state index contributed by atoms with van der Waals surface area (Å²) in [5, 5.41) is 0. The predicted octanol–water partition coefficient (Wildman–Crippen LogP) is 3.63. The molecule has 1 rings (SSSR count). The molecular formula is C10H11F3. The van der Waals surface area contributed by atoms with Gasteiger partial charge in [0.25, 0.3) is 0 Å². The van der Waals surface area contributed by atoms with Gasteiger partial charge in [0.1, 0.15) is 0 Å². The Morgan fingerprint density at radius 3 is 2.54 bits per heavy atom. The zero-order valence-corrected chi connectivity index (χ0v) is 7.31. The Morgan fingerprint density at radius 1 is 1.46 bits per heavy atom. The molecule has 0 saturated carbocycles. The van der Waals surface area contributed by atoms with Crippen molar-refractivity contribution in [3.8, 4) is 0 Å². The van der Waals surface area contributed by atoms with E-state index < -0.39 is 11.7 Å². The molecule has 0 fully saturated rings. The van der Waals surface area contributed by atoms with Crippen molar-refractivity contribution in [1.82, 2.24) is 0 Å². The van der Waals surface area contributed by atoms with E-state index in [-0.39, 0.29) is 5.92 Å². The van der Waals surface area contributed by atoms with Crippen LogP contribution in [0.5, 0.6) is 0 Å². The molecule has 0 spiro atoms. The molecular weight excluding hydrogens is 177 g/mol. The Balaban J connectivity index is 2.65. The molecule has 0 heterocycles. The van der Waals surface area contributed by atoms with Gasteiger partial charge in [-0.25, -0.2) is 0 Å². The van der Waals surface area contributed by atoms with Crippen LogP contribution in [-0.4, -0.2) is 6.18 Å². The standard InChI is InChI=1S/C10H11F3/c1-2-3-8-4-6-9(7-5-8)10(11,12)13/h2-4,6-8H,5H2,1H3/b3-2+. The summed E-state index contributed by atoms with van der Waals surface area (Å²) in [4.78, 5) is 0. The van der Waals surface area contributed by atoms with Crippen molar-refractivity contribution >= 4 is 0 Å². The van der Waals surface area contributed by atoms with E-state index in [0.29, 0.717) is 6.42 Å². The van der Waals surface area contributed by atoms with Crippen LogP contribution in [0.2, 0.25) is 0 Å². The van der Waals surface area contributed by atoms with Crippen LogP contribution < -0.4 is 0 Å². The molecule has 1 atom stereocenters. The smallest absolute Gasteiger partial charge is 0.166 e. The molecule has 1 aliphatic carbocycles. The van der Waals surface area contributed by atoms with E-state index in [2.05, 4.69) is 0 Å². The highest BCUT2D eigenvalue weighted by Crippen LogP contribution is 2.30. The lowest BCUT2D eigenvalue weighted by Gasteiger charge is -2.14. The van der Waals surface area contributed by atoms with Crippen LogP contribution in [0.4, 0.5) is 13.2 Å². The molecule has 0 N–H and O–H groups in total. The molecule has 72 valence electrons. The molecule has 1 unspecified atom stereocenters. The summed E-state index contributed by atoms with van der Waals surface area (Å²) in [6.45, 7) is 1.86. The van der Waals surface area contributed by atoms with Crippen molar-refractivity contribution in [3.05, 3.63) is 36.0 Å².